The number of H-pyrrole nitrogens is 1. The van der Waals surface area contributed by atoms with Crippen LogP contribution in [-0.2, 0) is 4.79 Å². The van der Waals surface area contributed by atoms with Gasteiger partial charge in [-0.25, -0.2) is 9.89 Å². The maximum atomic E-state index is 11.6. The fourth-order valence-corrected chi connectivity index (χ4v) is 2.96. The molecule has 0 aromatic carbocycles. The van der Waals surface area contributed by atoms with Crippen LogP contribution in [0.1, 0.15) is 38.6 Å². The molecule has 1 aromatic rings. The van der Waals surface area contributed by atoms with Gasteiger partial charge in [-0.05, 0) is 32.2 Å². The smallest absolute Gasteiger partial charge is 0.344 e. The topological polar surface area (TPSA) is 100 Å². The number of rotatable bonds is 9. The fourth-order valence-electron chi connectivity index (χ4n) is 1.95. The molecule has 1 aromatic heterocycles. The first kappa shape index (κ1) is 15.1. The summed E-state index contributed by atoms with van der Waals surface area (Å²) in [4.78, 5) is 22.7. The van der Waals surface area contributed by atoms with Gasteiger partial charge in [-0.3, -0.25) is 9.36 Å². The highest BCUT2D eigenvalue weighted by Crippen LogP contribution is 2.36. The lowest BCUT2D eigenvalue weighted by Gasteiger charge is -2.13. The summed E-state index contributed by atoms with van der Waals surface area (Å²) in [5.41, 5.74) is -0.172. The molecule has 112 valence electrons. The summed E-state index contributed by atoms with van der Waals surface area (Å²) in [6.45, 7) is 2.69. The van der Waals surface area contributed by atoms with E-state index in [1.54, 1.807) is 4.57 Å². The molecule has 1 aliphatic carbocycles. The lowest BCUT2D eigenvalue weighted by atomic mass is 10.2. The van der Waals surface area contributed by atoms with Gasteiger partial charge in [-0.1, -0.05) is 18.7 Å². The molecule has 0 saturated heterocycles. The molecule has 1 heterocycles. The molecule has 1 saturated carbocycles. The highest BCUT2D eigenvalue weighted by atomic mass is 32.2. The first-order chi connectivity index (χ1) is 9.63. The van der Waals surface area contributed by atoms with Gasteiger partial charge in [0.2, 0.25) is 0 Å². The van der Waals surface area contributed by atoms with Gasteiger partial charge in [0.25, 0.3) is 0 Å². The molecule has 0 amide bonds. The molecule has 1 fully saturated rings. The van der Waals surface area contributed by atoms with Gasteiger partial charge in [-0.15, -0.1) is 5.10 Å². The monoisotopic (exact) mass is 300 g/mol. The van der Waals surface area contributed by atoms with E-state index in [-0.39, 0.29) is 11.7 Å². The van der Waals surface area contributed by atoms with E-state index in [1.165, 1.54) is 11.8 Å². The first-order valence-electron chi connectivity index (χ1n) is 6.89. The number of carbonyl (C=O) groups is 1. The van der Waals surface area contributed by atoms with E-state index >= 15 is 0 Å². The second kappa shape index (κ2) is 6.94. The summed E-state index contributed by atoms with van der Waals surface area (Å²) in [6.07, 6.45) is 3.44. The fraction of sp³-hybridized carbons (Fsp3) is 0.750. The Morgan fingerprint density at radius 3 is 3.00 bits per heavy atom. The molecule has 7 nitrogen and oxygen atoms in total. The quantitative estimate of drug-likeness (QED) is 0.584. The Kier molecular flexibility index (Phi) is 5.24. The number of aliphatic carboxylic acids is 1. The third kappa shape index (κ3) is 3.86. The van der Waals surface area contributed by atoms with Crippen LogP contribution in [-0.4, -0.2) is 44.2 Å². The predicted octanol–water partition coefficient (Wildman–Crippen LogP) is 0.841. The van der Waals surface area contributed by atoms with Crippen LogP contribution >= 0.6 is 11.8 Å². The van der Waals surface area contributed by atoms with Crippen LogP contribution < -0.4 is 11.0 Å². The standard InChI is InChI=1S/C12H20N4O3S/c1-2-6-13-9(10(17)18)5-7-20-12-15-14-11(19)16(12)8-3-4-8/h8-9,13H,2-7H2,1H3,(H,14,19)(H,17,18). The number of hydrogen-bond donors (Lipinski definition) is 3. The van der Waals surface area contributed by atoms with Gasteiger partial charge in [0.15, 0.2) is 5.16 Å². The van der Waals surface area contributed by atoms with Crippen molar-refractivity contribution in [1.29, 1.82) is 0 Å². The van der Waals surface area contributed by atoms with Crippen LogP contribution in [0.5, 0.6) is 0 Å². The molecule has 0 radical (unpaired) electrons. The molecule has 1 atom stereocenters. The molecule has 20 heavy (non-hydrogen) atoms. The van der Waals surface area contributed by atoms with Crippen molar-refractivity contribution in [2.75, 3.05) is 12.3 Å². The number of carboxylic acids is 1. The van der Waals surface area contributed by atoms with Crippen molar-refractivity contribution in [2.24, 2.45) is 0 Å². The third-order valence-electron chi connectivity index (χ3n) is 3.16. The van der Waals surface area contributed by atoms with Gasteiger partial charge in [0.1, 0.15) is 6.04 Å². The number of carboxylic acid groups (broad SMARTS) is 1. The normalized spacial score (nSPS) is 16.2. The predicted molar refractivity (Wildman–Crippen MR) is 76.2 cm³/mol. The lowest BCUT2D eigenvalue weighted by molar-refractivity contribution is -0.139. The van der Waals surface area contributed by atoms with E-state index in [9.17, 15) is 9.59 Å². The van der Waals surface area contributed by atoms with Crippen molar-refractivity contribution in [3.8, 4) is 0 Å². The summed E-state index contributed by atoms with van der Waals surface area (Å²) in [5.74, 6) is -0.217. The summed E-state index contributed by atoms with van der Waals surface area (Å²) in [6, 6.07) is -0.264. The Morgan fingerprint density at radius 1 is 1.65 bits per heavy atom. The summed E-state index contributed by atoms with van der Waals surface area (Å²) < 4.78 is 1.68. The molecular weight excluding hydrogens is 280 g/mol. The molecule has 2 rings (SSSR count). The summed E-state index contributed by atoms with van der Waals surface area (Å²) >= 11 is 1.43. The largest absolute Gasteiger partial charge is 0.480 e. The molecule has 0 bridgehead atoms. The minimum Gasteiger partial charge on any atom is -0.480 e. The Bertz CT molecular complexity index is 509. The summed E-state index contributed by atoms with van der Waals surface area (Å²) in [7, 11) is 0. The van der Waals surface area contributed by atoms with Crippen LogP contribution in [0.25, 0.3) is 0 Å². The second-order valence-electron chi connectivity index (χ2n) is 4.89. The van der Waals surface area contributed by atoms with Crippen molar-refractivity contribution in [1.82, 2.24) is 20.1 Å². The third-order valence-corrected chi connectivity index (χ3v) is 4.15. The molecular formula is C12H20N4O3S. The highest BCUT2D eigenvalue weighted by molar-refractivity contribution is 7.99. The van der Waals surface area contributed by atoms with Crippen molar-refractivity contribution in [3.05, 3.63) is 10.5 Å². The van der Waals surface area contributed by atoms with Crippen LogP contribution in [0.15, 0.2) is 9.95 Å². The Labute approximate surface area is 121 Å². The molecule has 8 heteroatoms. The molecule has 3 N–H and O–H groups in total. The maximum Gasteiger partial charge on any atom is 0.344 e. The number of nitrogens with zero attached hydrogens (tertiary/aromatic N) is 2. The number of hydrogen-bond acceptors (Lipinski definition) is 5. The molecule has 1 unspecified atom stereocenters. The van der Waals surface area contributed by atoms with Gasteiger partial charge in [0, 0.05) is 11.8 Å². The summed E-state index contributed by atoms with van der Waals surface area (Å²) in [5, 5.41) is 19.2. The van der Waals surface area contributed by atoms with E-state index in [2.05, 4.69) is 15.5 Å². The van der Waals surface area contributed by atoms with E-state index in [1.807, 2.05) is 6.92 Å². The van der Waals surface area contributed by atoms with E-state index in [4.69, 9.17) is 5.11 Å². The average Bonchev–Trinajstić information content (AvgIpc) is 3.18. The number of nitrogens with one attached hydrogen (secondary N) is 2. The minimum atomic E-state index is -0.833. The van der Waals surface area contributed by atoms with Crippen molar-refractivity contribution >= 4 is 17.7 Å². The van der Waals surface area contributed by atoms with E-state index in [0.717, 1.165) is 19.3 Å². The lowest BCUT2D eigenvalue weighted by Crippen LogP contribution is -2.37. The SMILES string of the molecule is CCCNC(CCSc1n[nH]c(=O)n1C1CC1)C(=O)O. The van der Waals surface area contributed by atoms with E-state index < -0.39 is 12.0 Å². The van der Waals surface area contributed by atoms with Crippen molar-refractivity contribution in [3.63, 3.8) is 0 Å². The zero-order chi connectivity index (χ0) is 14.5. The second-order valence-corrected chi connectivity index (χ2v) is 5.96. The van der Waals surface area contributed by atoms with Gasteiger partial charge >= 0.3 is 11.7 Å². The van der Waals surface area contributed by atoms with Crippen LogP contribution in [0.4, 0.5) is 0 Å². The van der Waals surface area contributed by atoms with Gasteiger partial charge in [-0.2, -0.15) is 0 Å². The zero-order valence-corrected chi connectivity index (χ0v) is 12.3. The van der Waals surface area contributed by atoms with Gasteiger partial charge in [0.05, 0.1) is 0 Å². The number of aromatic nitrogens is 3. The highest BCUT2D eigenvalue weighted by Gasteiger charge is 2.28. The van der Waals surface area contributed by atoms with Crippen LogP contribution in [0.2, 0.25) is 0 Å². The maximum absolute atomic E-state index is 11.6. The Balaban J connectivity index is 1.85. The average molecular weight is 300 g/mol. The Morgan fingerprint density at radius 2 is 2.40 bits per heavy atom. The first-order valence-corrected chi connectivity index (χ1v) is 7.88. The molecule has 0 spiro atoms. The van der Waals surface area contributed by atoms with Crippen LogP contribution in [0, 0.1) is 0 Å². The number of thioether (sulfide) groups is 1. The Hall–Kier alpha value is -1.28. The van der Waals surface area contributed by atoms with Crippen LogP contribution in [0.3, 0.4) is 0 Å². The molecule has 0 aliphatic heterocycles. The van der Waals surface area contributed by atoms with Crippen molar-refractivity contribution in [2.45, 2.75) is 49.8 Å². The number of aromatic amines is 1. The zero-order valence-electron chi connectivity index (χ0n) is 11.5. The van der Waals surface area contributed by atoms with E-state index in [0.29, 0.717) is 23.9 Å². The minimum absolute atomic E-state index is 0.172. The molecule has 1 aliphatic rings. The van der Waals surface area contributed by atoms with Crippen molar-refractivity contribution < 1.29 is 9.90 Å². The van der Waals surface area contributed by atoms with Gasteiger partial charge < -0.3 is 10.4 Å².